The van der Waals surface area contributed by atoms with E-state index < -0.39 is 5.91 Å². The van der Waals surface area contributed by atoms with Crippen molar-refractivity contribution >= 4 is 41.5 Å². The van der Waals surface area contributed by atoms with Gasteiger partial charge in [0.2, 0.25) is 0 Å². The molecule has 1 heterocycles. The van der Waals surface area contributed by atoms with Gasteiger partial charge in [-0.1, -0.05) is 26.0 Å². The van der Waals surface area contributed by atoms with Crippen LogP contribution in [0.4, 0.5) is 5.69 Å². The van der Waals surface area contributed by atoms with Crippen molar-refractivity contribution in [3.05, 3.63) is 53.5 Å². The van der Waals surface area contributed by atoms with Crippen molar-refractivity contribution in [2.45, 2.75) is 26.3 Å². The fraction of sp³-hybridized carbons (Fsp3) is 0.250. The minimum atomic E-state index is -0.605. The molecular weight excluding hydrogens is 407 g/mol. The van der Waals surface area contributed by atoms with Gasteiger partial charge in [0.05, 0.1) is 0 Å². The Morgan fingerprint density at radius 2 is 2.00 bits per heavy atom. The molecule has 0 bridgehead atoms. The number of nitrogens with one attached hydrogen (secondary N) is 1. The Labute approximate surface area is 152 Å². The van der Waals surface area contributed by atoms with Crippen LogP contribution < -0.4 is 16.8 Å². The largest absolute Gasteiger partial charge is 0.454 e. The van der Waals surface area contributed by atoms with Crippen molar-refractivity contribution in [1.82, 2.24) is 0 Å². The molecule has 1 amide bonds. The molecule has 23 heavy (non-hydrogen) atoms. The number of nitrogens with zero attached hydrogens (tertiary/aromatic N) is 1. The van der Waals surface area contributed by atoms with Crippen molar-refractivity contribution in [3.63, 3.8) is 0 Å². The van der Waals surface area contributed by atoms with Gasteiger partial charge in [-0.2, -0.15) is 0 Å². The van der Waals surface area contributed by atoms with Gasteiger partial charge in [-0.25, -0.2) is 4.99 Å². The van der Waals surface area contributed by atoms with E-state index in [1.807, 2.05) is 18.2 Å². The zero-order valence-corrected chi connectivity index (χ0v) is 15.4. The van der Waals surface area contributed by atoms with Crippen LogP contribution in [-0.2, 0) is 6.54 Å². The number of hydrogen-bond acceptors (Lipinski definition) is 3. The summed E-state index contributed by atoms with van der Waals surface area (Å²) in [5, 5.41) is 3.03. The SMILES string of the molecule is CC(C)c1cccc(NC(N)=NCc2ccc(C(N)=O)o2)c1.I. The third-order valence-electron chi connectivity index (χ3n) is 3.14. The maximum Gasteiger partial charge on any atom is 0.284 e. The standard InChI is InChI=1S/C16H20N4O2.HI/c1-10(2)11-4-3-5-12(8-11)20-16(18)19-9-13-6-7-14(22-13)15(17)21;/h3-8,10H,9H2,1-2H3,(H2,17,21)(H3,18,19,20);1H. The van der Waals surface area contributed by atoms with E-state index in [-0.39, 0.29) is 42.2 Å². The molecular formula is C16H21IN4O2. The van der Waals surface area contributed by atoms with E-state index in [1.54, 1.807) is 6.07 Å². The number of nitrogens with two attached hydrogens (primary N) is 2. The predicted molar refractivity (Wildman–Crippen MR) is 102 cm³/mol. The van der Waals surface area contributed by atoms with Crippen LogP contribution in [0.25, 0.3) is 0 Å². The van der Waals surface area contributed by atoms with Crippen molar-refractivity contribution in [2.24, 2.45) is 16.5 Å². The van der Waals surface area contributed by atoms with E-state index >= 15 is 0 Å². The van der Waals surface area contributed by atoms with Gasteiger partial charge in [0, 0.05) is 5.69 Å². The summed E-state index contributed by atoms with van der Waals surface area (Å²) in [6, 6.07) is 11.2. The van der Waals surface area contributed by atoms with Crippen LogP contribution >= 0.6 is 24.0 Å². The minimum Gasteiger partial charge on any atom is -0.454 e. The van der Waals surface area contributed by atoms with Gasteiger partial charge in [-0.05, 0) is 35.7 Å². The third kappa shape index (κ3) is 5.59. The van der Waals surface area contributed by atoms with Crippen molar-refractivity contribution < 1.29 is 9.21 Å². The number of primary amides is 1. The Kier molecular flexibility index (Phi) is 7.08. The molecule has 1 aromatic heterocycles. The predicted octanol–water partition coefficient (Wildman–Crippen LogP) is 3.05. The summed E-state index contributed by atoms with van der Waals surface area (Å²) in [6.45, 7) is 4.49. The lowest BCUT2D eigenvalue weighted by atomic mass is 10.0. The second-order valence-electron chi connectivity index (χ2n) is 5.24. The Balaban J connectivity index is 0.00000264. The quantitative estimate of drug-likeness (QED) is 0.387. The summed E-state index contributed by atoms with van der Waals surface area (Å²) in [6.07, 6.45) is 0. The fourth-order valence-electron chi connectivity index (χ4n) is 1.92. The zero-order chi connectivity index (χ0) is 16.1. The lowest BCUT2D eigenvalue weighted by Gasteiger charge is -2.09. The number of furan rings is 1. The molecule has 124 valence electrons. The topological polar surface area (TPSA) is 107 Å². The third-order valence-corrected chi connectivity index (χ3v) is 3.14. The highest BCUT2D eigenvalue weighted by Gasteiger charge is 2.06. The number of anilines is 1. The first-order valence-corrected chi connectivity index (χ1v) is 7.01. The van der Waals surface area contributed by atoms with Gasteiger partial charge < -0.3 is 21.2 Å². The summed E-state index contributed by atoms with van der Waals surface area (Å²) >= 11 is 0. The van der Waals surface area contributed by atoms with Gasteiger partial charge >= 0.3 is 0 Å². The molecule has 6 nitrogen and oxygen atoms in total. The van der Waals surface area contributed by atoms with Crippen molar-refractivity contribution in [1.29, 1.82) is 0 Å². The number of guanidine groups is 1. The summed E-state index contributed by atoms with van der Waals surface area (Å²) < 4.78 is 5.23. The van der Waals surface area contributed by atoms with E-state index in [0.717, 1.165) is 5.69 Å². The van der Waals surface area contributed by atoms with Gasteiger partial charge in [0.15, 0.2) is 11.7 Å². The average Bonchev–Trinajstić information content (AvgIpc) is 2.94. The van der Waals surface area contributed by atoms with E-state index in [1.165, 1.54) is 11.6 Å². The molecule has 0 radical (unpaired) electrons. The molecule has 0 fully saturated rings. The van der Waals surface area contributed by atoms with Gasteiger partial charge in [-0.15, -0.1) is 24.0 Å². The second kappa shape index (κ2) is 8.56. The number of aliphatic imine (C=N–C) groups is 1. The van der Waals surface area contributed by atoms with Crippen LogP contribution in [0.3, 0.4) is 0 Å². The normalized spacial score (nSPS) is 11.2. The number of benzene rings is 1. The van der Waals surface area contributed by atoms with Crippen LogP contribution in [0, 0.1) is 0 Å². The van der Waals surface area contributed by atoms with Gasteiger partial charge in [-0.3, -0.25) is 4.79 Å². The van der Waals surface area contributed by atoms with Gasteiger partial charge in [0.1, 0.15) is 12.3 Å². The molecule has 2 rings (SSSR count). The number of halogens is 1. The molecule has 0 aliphatic carbocycles. The minimum absolute atomic E-state index is 0. The number of rotatable bonds is 5. The van der Waals surface area contributed by atoms with Crippen LogP contribution in [0.15, 0.2) is 45.8 Å². The Bertz CT molecular complexity index is 695. The summed E-state index contributed by atoms with van der Waals surface area (Å²) in [5.74, 6) is 0.746. The molecule has 0 atom stereocenters. The van der Waals surface area contributed by atoms with Crippen molar-refractivity contribution in [3.8, 4) is 0 Å². The van der Waals surface area contributed by atoms with Crippen LogP contribution in [0.1, 0.15) is 41.6 Å². The van der Waals surface area contributed by atoms with Crippen LogP contribution in [-0.4, -0.2) is 11.9 Å². The molecule has 1 aromatic carbocycles. The first kappa shape index (κ1) is 19.0. The monoisotopic (exact) mass is 428 g/mol. The zero-order valence-electron chi connectivity index (χ0n) is 13.1. The molecule has 0 aliphatic heterocycles. The molecule has 0 unspecified atom stereocenters. The molecule has 2 aromatic rings. The maximum absolute atomic E-state index is 10.9. The van der Waals surface area contributed by atoms with Crippen molar-refractivity contribution in [2.75, 3.05) is 5.32 Å². The molecule has 0 spiro atoms. The van der Waals surface area contributed by atoms with Crippen LogP contribution in [0.2, 0.25) is 0 Å². The summed E-state index contributed by atoms with van der Waals surface area (Å²) in [7, 11) is 0. The highest BCUT2D eigenvalue weighted by Crippen LogP contribution is 2.18. The van der Waals surface area contributed by atoms with Gasteiger partial charge in [0.25, 0.3) is 5.91 Å². The highest BCUT2D eigenvalue weighted by molar-refractivity contribution is 14.0. The number of amides is 1. The summed E-state index contributed by atoms with van der Waals surface area (Å²) in [4.78, 5) is 15.1. The van der Waals surface area contributed by atoms with E-state index in [0.29, 0.717) is 11.7 Å². The number of carbonyl (C=O) groups is 1. The smallest absolute Gasteiger partial charge is 0.284 e. The van der Waals surface area contributed by atoms with Crippen LogP contribution in [0.5, 0.6) is 0 Å². The molecule has 0 saturated carbocycles. The van der Waals surface area contributed by atoms with E-state index in [9.17, 15) is 4.79 Å². The maximum atomic E-state index is 10.9. The highest BCUT2D eigenvalue weighted by atomic mass is 127. The Morgan fingerprint density at radius 1 is 1.26 bits per heavy atom. The Hall–Kier alpha value is -2.03. The van der Waals surface area contributed by atoms with E-state index in [2.05, 4.69) is 30.2 Å². The fourth-order valence-corrected chi connectivity index (χ4v) is 1.92. The Morgan fingerprint density at radius 3 is 2.61 bits per heavy atom. The number of hydrogen-bond donors (Lipinski definition) is 3. The summed E-state index contributed by atoms with van der Waals surface area (Å²) in [5.41, 5.74) is 13.1. The van der Waals surface area contributed by atoms with E-state index in [4.69, 9.17) is 15.9 Å². The molecule has 0 saturated heterocycles. The molecule has 0 aliphatic rings. The average molecular weight is 428 g/mol. The second-order valence-corrected chi connectivity index (χ2v) is 5.24. The lowest BCUT2D eigenvalue weighted by molar-refractivity contribution is 0.0972. The first-order valence-electron chi connectivity index (χ1n) is 7.01. The molecule has 7 heteroatoms. The lowest BCUT2D eigenvalue weighted by Crippen LogP contribution is -2.22. The molecule has 5 N–H and O–H groups in total. The first-order chi connectivity index (χ1) is 10.5. The number of carbonyl (C=O) groups excluding carboxylic acids is 1.